The minimum Gasteiger partial charge on any atom is -0.480 e. The quantitative estimate of drug-likeness (QED) is 0.401. The standard InChI is InChI=1S/C24H19ClINO4/c25-21-10-9-15(26)11-14(21)12-22(23(28)29)27-24(30)31-13-20-18-7-3-1-5-16(18)17-6-2-4-8-19(17)20/h1-11,20,22H,12-13H2,(H,27,30)(H,28,29)/t22-/m0/s1. The molecule has 3 aromatic rings. The summed E-state index contributed by atoms with van der Waals surface area (Å²) in [5.41, 5.74) is 5.10. The Bertz CT molecular complexity index is 1100. The first kappa shape index (κ1) is 21.6. The summed E-state index contributed by atoms with van der Waals surface area (Å²) in [6.45, 7) is 0.121. The van der Waals surface area contributed by atoms with Crippen molar-refractivity contribution in [3.8, 4) is 11.1 Å². The molecule has 31 heavy (non-hydrogen) atoms. The normalized spacial score (nSPS) is 13.2. The van der Waals surface area contributed by atoms with Crippen LogP contribution in [-0.2, 0) is 16.0 Å². The van der Waals surface area contributed by atoms with Crippen molar-refractivity contribution in [1.82, 2.24) is 5.32 Å². The monoisotopic (exact) mass is 547 g/mol. The Morgan fingerprint density at radius 1 is 1.03 bits per heavy atom. The molecule has 5 nitrogen and oxygen atoms in total. The fraction of sp³-hybridized carbons (Fsp3) is 0.167. The zero-order valence-corrected chi connectivity index (χ0v) is 19.3. The zero-order valence-electron chi connectivity index (χ0n) is 16.3. The Morgan fingerprint density at radius 3 is 2.26 bits per heavy atom. The highest BCUT2D eigenvalue weighted by Crippen LogP contribution is 2.44. The molecule has 158 valence electrons. The van der Waals surface area contributed by atoms with Crippen LogP contribution in [-0.4, -0.2) is 29.8 Å². The number of hydrogen-bond donors (Lipinski definition) is 2. The van der Waals surface area contributed by atoms with Gasteiger partial charge < -0.3 is 15.2 Å². The zero-order chi connectivity index (χ0) is 22.0. The minimum absolute atomic E-state index is 0.0647. The average Bonchev–Trinajstić information content (AvgIpc) is 3.08. The molecule has 1 atom stereocenters. The number of ether oxygens (including phenoxy) is 1. The number of alkyl carbamates (subject to hydrolysis) is 1. The Labute approximate surface area is 198 Å². The van der Waals surface area contributed by atoms with E-state index in [-0.39, 0.29) is 18.9 Å². The Morgan fingerprint density at radius 2 is 1.65 bits per heavy atom. The number of carboxylic acids is 1. The van der Waals surface area contributed by atoms with Crippen LogP contribution in [0.4, 0.5) is 4.79 Å². The van der Waals surface area contributed by atoms with E-state index in [1.165, 1.54) is 0 Å². The van der Waals surface area contributed by atoms with Gasteiger partial charge in [-0.2, -0.15) is 0 Å². The maximum Gasteiger partial charge on any atom is 0.407 e. The molecule has 4 rings (SSSR count). The van der Waals surface area contributed by atoms with Crippen LogP contribution in [0.1, 0.15) is 22.6 Å². The van der Waals surface area contributed by atoms with Gasteiger partial charge in [-0.3, -0.25) is 0 Å². The predicted molar refractivity (Wildman–Crippen MR) is 128 cm³/mol. The Kier molecular flexibility index (Phi) is 6.48. The topological polar surface area (TPSA) is 75.6 Å². The lowest BCUT2D eigenvalue weighted by atomic mass is 9.98. The summed E-state index contributed by atoms with van der Waals surface area (Å²) in [5.74, 6) is -1.24. The summed E-state index contributed by atoms with van der Waals surface area (Å²) < 4.78 is 6.40. The number of hydrogen-bond acceptors (Lipinski definition) is 3. The molecule has 1 aliphatic rings. The van der Waals surface area contributed by atoms with E-state index in [1.54, 1.807) is 12.1 Å². The van der Waals surface area contributed by atoms with Crippen molar-refractivity contribution in [3.05, 3.63) is 92.0 Å². The maximum absolute atomic E-state index is 12.4. The lowest BCUT2D eigenvalue weighted by molar-refractivity contribution is -0.139. The third kappa shape index (κ3) is 4.70. The largest absolute Gasteiger partial charge is 0.480 e. The van der Waals surface area contributed by atoms with E-state index in [4.69, 9.17) is 16.3 Å². The van der Waals surface area contributed by atoms with E-state index in [0.29, 0.717) is 10.6 Å². The molecule has 0 radical (unpaired) electrons. The molecule has 0 bridgehead atoms. The molecule has 0 spiro atoms. The van der Waals surface area contributed by atoms with Gasteiger partial charge in [0, 0.05) is 20.9 Å². The number of carboxylic acid groups (broad SMARTS) is 1. The molecule has 3 aromatic carbocycles. The number of fused-ring (bicyclic) bond motifs is 3. The highest BCUT2D eigenvalue weighted by molar-refractivity contribution is 14.1. The molecule has 0 aliphatic heterocycles. The summed E-state index contributed by atoms with van der Waals surface area (Å²) in [6, 6.07) is 20.3. The number of aliphatic carboxylic acids is 1. The van der Waals surface area contributed by atoms with Crippen molar-refractivity contribution in [3.63, 3.8) is 0 Å². The molecule has 1 amide bonds. The summed E-state index contributed by atoms with van der Waals surface area (Å²) in [6.07, 6.45) is -0.703. The smallest absolute Gasteiger partial charge is 0.407 e. The molecule has 7 heteroatoms. The maximum atomic E-state index is 12.4. The fourth-order valence-electron chi connectivity index (χ4n) is 3.90. The van der Waals surface area contributed by atoms with Gasteiger partial charge in [0.05, 0.1) is 0 Å². The van der Waals surface area contributed by atoms with E-state index in [0.717, 1.165) is 25.8 Å². The molecular formula is C24H19ClINO4. The molecular weight excluding hydrogens is 529 g/mol. The van der Waals surface area contributed by atoms with Gasteiger partial charge in [-0.05, 0) is 68.6 Å². The molecule has 1 aliphatic carbocycles. The van der Waals surface area contributed by atoms with Gasteiger partial charge in [-0.15, -0.1) is 0 Å². The van der Waals surface area contributed by atoms with Crippen molar-refractivity contribution in [2.45, 2.75) is 18.4 Å². The van der Waals surface area contributed by atoms with Gasteiger partial charge in [0.1, 0.15) is 12.6 Å². The molecule has 0 unspecified atom stereocenters. The first-order valence-corrected chi connectivity index (χ1v) is 11.2. The third-order valence-corrected chi connectivity index (χ3v) is 6.41. The van der Waals surface area contributed by atoms with Crippen LogP contribution in [0.15, 0.2) is 66.7 Å². The number of halogens is 2. The average molecular weight is 548 g/mol. The molecule has 0 saturated carbocycles. The van der Waals surface area contributed by atoms with Crippen LogP contribution in [0, 0.1) is 3.57 Å². The number of carbonyl (C=O) groups is 2. The lowest BCUT2D eigenvalue weighted by Crippen LogP contribution is -2.43. The molecule has 0 saturated heterocycles. The highest BCUT2D eigenvalue weighted by Gasteiger charge is 2.30. The van der Waals surface area contributed by atoms with Gasteiger partial charge in [-0.1, -0.05) is 60.1 Å². The third-order valence-electron chi connectivity index (χ3n) is 5.37. The Hall–Kier alpha value is -2.58. The summed E-state index contributed by atoms with van der Waals surface area (Å²) in [4.78, 5) is 24.2. The highest BCUT2D eigenvalue weighted by atomic mass is 127. The van der Waals surface area contributed by atoms with Crippen molar-refractivity contribution < 1.29 is 19.4 Å². The van der Waals surface area contributed by atoms with Crippen LogP contribution in [0.3, 0.4) is 0 Å². The molecule has 0 aromatic heterocycles. The number of benzene rings is 3. The van der Waals surface area contributed by atoms with Crippen LogP contribution >= 0.6 is 34.2 Å². The molecule has 2 N–H and O–H groups in total. The van der Waals surface area contributed by atoms with Crippen molar-refractivity contribution in [2.75, 3.05) is 6.61 Å². The van der Waals surface area contributed by atoms with E-state index >= 15 is 0 Å². The van der Waals surface area contributed by atoms with E-state index < -0.39 is 18.1 Å². The number of carbonyl (C=O) groups excluding carboxylic acids is 1. The second-order valence-corrected chi connectivity index (χ2v) is 8.95. The summed E-state index contributed by atoms with van der Waals surface area (Å²) in [7, 11) is 0. The number of rotatable bonds is 6. The summed E-state index contributed by atoms with van der Waals surface area (Å²) >= 11 is 8.31. The Balaban J connectivity index is 1.45. The fourth-order valence-corrected chi connectivity index (χ4v) is 4.65. The van der Waals surface area contributed by atoms with Crippen molar-refractivity contribution in [1.29, 1.82) is 0 Å². The SMILES string of the molecule is O=C(N[C@@H](Cc1cc(I)ccc1Cl)C(=O)O)OCC1c2ccccc2-c2ccccc21. The van der Waals surface area contributed by atoms with Gasteiger partial charge in [-0.25, -0.2) is 9.59 Å². The van der Waals surface area contributed by atoms with Gasteiger partial charge in [0.15, 0.2) is 0 Å². The van der Waals surface area contributed by atoms with Crippen LogP contribution < -0.4 is 5.32 Å². The van der Waals surface area contributed by atoms with Gasteiger partial charge in [0.25, 0.3) is 0 Å². The van der Waals surface area contributed by atoms with Gasteiger partial charge >= 0.3 is 12.1 Å². The number of nitrogens with one attached hydrogen (secondary N) is 1. The van der Waals surface area contributed by atoms with Crippen LogP contribution in [0.2, 0.25) is 5.02 Å². The molecule has 0 fully saturated rings. The predicted octanol–water partition coefficient (Wildman–Crippen LogP) is 5.48. The first-order valence-electron chi connectivity index (χ1n) is 9.72. The lowest BCUT2D eigenvalue weighted by Gasteiger charge is -2.18. The molecule has 0 heterocycles. The minimum atomic E-state index is -1.15. The van der Waals surface area contributed by atoms with Gasteiger partial charge in [0.2, 0.25) is 0 Å². The van der Waals surface area contributed by atoms with Crippen LogP contribution in [0.25, 0.3) is 11.1 Å². The van der Waals surface area contributed by atoms with Crippen molar-refractivity contribution >= 4 is 46.3 Å². The van der Waals surface area contributed by atoms with E-state index in [2.05, 4.69) is 40.0 Å². The number of amides is 1. The second kappa shape index (κ2) is 9.28. The second-order valence-electron chi connectivity index (χ2n) is 7.30. The summed E-state index contributed by atoms with van der Waals surface area (Å²) in [5, 5.41) is 12.5. The van der Waals surface area contributed by atoms with Crippen LogP contribution in [0.5, 0.6) is 0 Å². The van der Waals surface area contributed by atoms with Crippen molar-refractivity contribution in [2.24, 2.45) is 0 Å². The van der Waals surface area contributed by atoms with E-state index in [1.807, 2.05) is 42.5 Å². The van der Waals surface area contributed by atoms with E-state index in [9.17, 15) is 14.7 Å². The first-order chi connectivity index (χ1) is 14.9.